The number of rotatable bonds is 7. The molecule has 1 atom stereocenters. The van der Waals surface area contributed by atoms with Crippen LogP contribution in [0.15, 0.2) is 29.2 Å². The van der Waals surface area contributed by atoms with E-state index in [1.807, 2.05) is 6.92 Å². The SMILES string of the molecule is CC(N)CCNC(=O)c1ccc(S(=O)(=O)NC2CC2)cc1.Cl. The number of hydrogen-bond donors (Lipinski definition) is 3. The molecule has 0 saturated heterocycles. The molecule has 0 radical (unpaired) electrons. The van der Waals surface area contributed by atoms with Crippen LogP contribution in [0.1, 0.15) is 36.5 Å². The lowest BCUT2D eigenvalue weighted by atomic mass is 10.2. The first kappa shape index (κ1) is 18.9. The Hall–Kier alpha value is -1.15. The van der Waals surface area contributed by atoms with Crippen LogP contribution in [0.3, 0.4) is 0 Å². The van der Waals surface area contributed by atoms with Crippen molar-refractivity contribution >= 4 is 28.3 Å². The molecule has 0 aliphatic heterocycles. The topological polar surface area (TPSA) is 101 Å². The van der Waals surface area contributed by atoms with Crippen molar-refractivity contribution in [3.8, 4) is 0 Å². The Labute approximate surface area is 137 Å². The molecule has 0 spiro atoms. The van der Waals surface area contributed by atoms with Gasteiger partial charge in [-0.05, 0) is 50.5 Å². The van der Waals surface area contributed by atoms with E-state index in [4.69, 9.17) is 5.73 Å². The first-order valence-corrected chi connectivity index (χ1v) is 8.53. The van der Waals surface area contributed by atoms with Crippen LogP contribution in [0.5, 0.6) is 0 Å². The summed E-state index contributed by atoms with van der Waals surface area (Å²) in [6.07, 6.45) is 2.47. The molecule has 124 valence electrons. The van der Waals surface area contributed by atoms with E-state index in [0.717, 1.165) is 12.8 Å². The van der Waals surface area contributed by atoms with E-state index in [0.29, 0.717) is 18.5 Å². The third kappa shape index (κ3) is 5.57. The van der Waals surface area contributed by atoms with Crippen LogP contribution >= 0.6 is 12.4 Å². The van der Waals surface area contributed by atoms with E-state index in [9.17, 15) is 13.2 Å². The summed E-state index contributed by atoms with van der Waals surface area (Å²) in [6.45, 7) is 2.37. The summed E-state index contributed by atoms with van der Waals surface area (Å²) in [5, 5.41) is 2.75. The summed E-state index contributed by atoms with van der Waals surface area (Å²) in [5.41, 5.74) is 6.04. The molecule has 1 saturated carbocycles. The van der Waals surface area contributed by atoms with Crippen molar-refractivity contribution < 1.29 is 13.2 Å². The standard InChI is InChI=1S/C14H21N3O3S.ClH/c1-10(15)8-9-16-14(18)11-2-6-13(7-3-11)21(19,20)17-12-4-5-12;/h2-3,6-7,10,12,17H,4-5,8-9,15H2,1H3,(H,16,18);1H. The van der Waals surface area contributed by atoms with E-state index >= 15 is 0 Å². The lowest BCUT2D eigenvalue weighted by Crippen LogP contribution is -2.29. The van der Waals surface area contributed by atoms with Gasteiger partial charge < -0.3 is 11.1 Å². The van der Waals surface area contributed by atoms with Crippen molar-refractivity contribution in [3.05, 3.63) is 29.8 Å². The van der Waals surface area contributed by atoms with Gasteiger partial charge in [-0.25, -0.2) is 13.1 Å². The zero-order valence-electron chi connectivity index (χ0n) is 12.4. The van der Waals surface area contributed by atoms with E-state index in [1.54, 1.807) is 0 Å². The van der Waals surface area contributed by atoms with Gasteiger partial charge in [-0.15, -0.1) is 12.4 Å². The second-order valence-electron chi connectivity index (χ2n) is 5.44. The molecule has 1 aliphatic rings. The first-order chi connectivity index (χ1) is 9.88. The molecule has 1 aliphatic carbocycles. The maximum absolute atomic E-state index is 12.0. The minimum Gasteiger partial charge on any atom is -0.352 e. The highest BCUT2D eigenvalue weighted by atomic mass is 35.5. The van der Waals surface area contributed by atoms with Gasteiger partial charge in [-0.2, -0.15) is 0 Å². The number of hydrogen-bond acceptors (Lipinski definition) is 4. The van der Waals surface area contributed by atoms with E-state index < -0.39 is 10.0 Å². The van der Waals surface area contributed by atoms with Crippen LogP contribution in [0, 0.1) is 0 Å². The number of carbonyl (C=O) groups is 1. The van der Waals surface area contributed by atoms with E-state index in [-0.39, 0.29) is 35.3 Å². The average molecular weight is 348 g/mol. The van der Waals surface area contributed by atoms with Gasteiger partial charge in [0.05, 0.1) is 4.90 Å². The highest BCUT2D eigenvalue weighted by Gasteiger charge is 2.27. The summed E-state index contributed by atoms with van der Waals surface area (Å²) < 4.78 is 26.6. The Kier molecular flexibility index (Phi) is 6.80. The molecule has 2 rings (SSSR count). The second kappa shape index (κ2) is 7.92. The van der Waals surface area contributed by atoms with Crippen molar-refractivity contribution in [1.29, 1.82) is 0 Å². The quantitative estimate of drug-likeness (QED) is 0.685. The Morgan fingerprint density at radius 3 is 2.41 bits per heavy atom. The molecule has 1 fully saturated rings. The summed E-state index contributed by atoms with van der Waals surface area (Å²) in [7, 11) is -3.47. The minimum absolute atomic E-state index is 0. The number of amides is 1. The van der Waals surface area contributed by atoms with Crippen molar-refractivity contribution in [2.45, 2.75) is 43.2 Å². The fraction of sp³-hybridized carbons (Fsp3) is 0.500. The summed E-state index contributed by atoms with van der Waals surface area (Å²) in [6, 6.07) is 6.03. The normalized spacial score (nSPS) is 15.7. The number of nitrogens with one attached hydrogen (secondary N) is 2. The van der Waals surface area contributed by atoms with E-state index in [1.165, 1.54) is 24.3 Å². The van der Waals surface area contributed by atoms with Crippen molar-refractivity contribution in [3.63, 3.8) is 0 Å². The Morgan fingerprint density at radius 1 is 1.32 bits per heavy atom. The predicted octanol–water partition coefficient (Wildman–Crippen LogP) is 1.02. The fourth-order valence-corrected chi connectivity index (χ4v) is 3.09. The average Bonchev–Trinajstić information content (AvgIpc) is 3.21. The fourth-order valence-electron chi connectivity index (χ4n) is 1.79. The molecular weight excluding hydrogens is 326 g/mol. The maximum Gasteiger partial charge on any atom is 0.251 e. The zero-order chi connectivity index (χ0) is 15.5. The molecule has 0 aromatic heterocycles. The van der Waals surface area contributed by atoms with Gasteiger partial charge in [0.15, 0.2) is 0 Å². The van der Waals surface area contributed by atoms with Gasteiger partial charge in [0.2, 0.25) is 10.0 Å². The Balaban J connectivity index is 0.00000242. The van der Waals surface area contributed by atoms with Gasteiger partial charge >= 0.3 is 0 Å². The Bertz CT molecular complexity index is 598. The maximum atomic E-state index is 12.0. The van der Waals surface area contributed by atoms with Crippen LogP contribution in [-0.2, 0) is 10.0 Å². The molecule has 4 N–H and O–H groups in total. The van der Waals surface area contributed by atoms with Crippen LogP contribution in [0.25, 0.3) is 0 Å². The highest BCUT2D eigenvalue weighted by Crippen LogP contribution is 2.22. The molecule has 22 heavy (non-hydrogen) atoms. The summed E-state index contributed by atoms with van der Waals surface area (Å²) in [4.78, 5) is 12.0. The smallest absolute Gasteiger partial charge is 0.251 e. The lowest BCUT2D eigenvalue weighted by molar-refractivity contribution is 0.0952. The monoisotopic (exact) mass is 347 g/mol. The molecule has 0 heterocycles. The van der Waals surface area contributed by atoms with Crippen molar-refractivity contribution in [2.24, 2.45) is 5.73 Å². The number of benzene rings is 1. The third-order valence-electron chi connectivity index (χ3n) is 3.21. The first-order valence-electron chi connectivity index (χ1n) is 7.04. The van der Waals surface area contributed by atoms with E-state index in [2.05, 4.69) is 10.0 Å². The van der Waals surface area contributed by atoms with Crippen molar-refractivity contribution in [2.75, 3.05) is 6.54 Å². The van der Waals surface area contributed by atoms with Crippen molar-refractivity contribution in [1.82, 2.24) is 10.0 Å². The van der Waals surface area contributed by atoms with Gasteiger partial charge in [0, 0.05) is 24.2 Å². The van der Waals surface area contributed by atoms with Gasteiger partial charge in [0.1, 0.15) is 0 Å². The second-order valence-corrected chi connectivity index (χ2v) is 7.16. The minimum atomic E-state index is -3.47. The molecule has 6 nitrogen and oxygen atoms in total. The van der Waals surface area contributed by atoms with Crippen LogP contribution < -0.4 is 15.8 Å². The summed E-state index contributed by atoms with van der Waals surface area (Å²) in [5.74, 6) is -0.227. The zero-order valence-corrected chi connectivity index (χ0v) is 14.0. The lowest BCUT2D eigenvalue weighted by Gasteiger charge is -2.08. The van der Waals surface area contributed by atoms with Crippen LogP contribution in [0.2, 0.25) is 0 Å². The number of nitrogens with two attached hydrogens (primary N) is 1. The molecule has 1 unspecified atom stereocenters. The molecular formula is C14H22ClN3O3S. The molecule has 1 aromatic carbocycles. The van der Waals surface area contributed by atoms with Crippen LogP contribution in [0.4, 0.5) is 0 Å². The van der Waals surface area contributed by atoms with Crippen LogP contribution in [-0.4, -0.2) is 33.0 Å². The number of sulfonamides is 1. The molecule has 0 bridgehead atoms. The molecule has 8 heteroatoms. The Morgan fingerprint density at radius 2 is 1.91 bits per heavy atom. The third-order valence-corrected chi connectivity index (χ3v) is 4.75. The van der Waals surface area contributed by atoms with Gasteiger partial charge in [-0.1, -0.05) is 0 Å². The van der Waals surface area contributed by atoms with Gasteiger partial charge in [-0.3, -0.25) is 4.79 Å². The predicted molar refractivity (Wildman–Crippen MR) is 87.6 cm³/mol. The summed E-state index contributed by atoms with van der Waals surface area (Å²) >= 11 is 0. The number of carbonyl (C=O) groups excluding carboxylic acids is 1. The van der Waals surface area contributed by atoms with Gasteiger partial charge in [0.25, 0.3) is 5.91 Å². The molecule has 1 aromatic rings. The number of halogens is 1. The molecule has 1 amide bonds. The largest absolute Gasteiger partial charge is 0.352 e. The highest BCUT2D eigenvalue weighted by molar-refractivity contribution is 7.89.